The van der Waals surface area contributed by atoms with Crippen molar-refractivity contribution in [1.29, 1.82) is 0 Å². The van der Waals surface area contributed by atoms with Crippen LogP contribution in [0, 0.1) is 0 Å². The molecular weight excluding hydrogens is 362 g/mol. The molecule has 0 aromatic heterocycles. The first-order chi connectivity index (χ1) is 10.9. The SMILES string of the molecule is CCCCCCCCCCCCOS(=O)(=O)[O-].CC[O-].CC[O-].[NH4+].[NH4+].[NH4+]. The van der Waals surface area contributed by atoms with E-state index in [-0.39, 0.29) is 38.3 Å². The molecule has 0 saturated heterocycles. The molecule has 0 bridgehead atoms. The molecule has 0 aliphatic carbocycles. The second-order valence-corrected chi connectivity index (χ2v) is 6.04. The molecule has 10 heteroatoms. The molecule has 168 valence electrons. The first-order valence-corrected chi connectivity index (χ1v) is 9.99. The van der Waals surface area contributed by atoms with Crippen molar-refractivity contribution in [3.05, 3.63) is 0 Å². The molecule has 0 aromatic carbocycles. The van der Waals surface area contributed by atoms with E-state index in [0.29, 0.717) is 6.42 Å². The summed E-state index contributed by atoms with van der Waals surface area (Å²) in [6, 6.07) is 0. The van der Waals surface area contributed by atoms with Crippen LogP contribution in [-0.4, -0.2) is 32.8 Å². The van der Waals surface area contributed by atoms with Crippen LogP contribution >= 0.6 is 0 Å². The molecule has 0 aromatic rings. The Balaban J connectivity index is -0.0000000976. The van der Waals surface area contributed by atoms with Crippen LogP contribution in [0.15, 0.2) is 0 Å². The molecule has 0 heterocycles. The number of hydrogen-bond donors (Lipinski definition) is 3. The van der Waals surface area contributed by atoms with Gasteiger partial charge in [0.05, 0.1) is 6.61 Å². The van der Waals surface area contributed by atoms with Crippen molar-refractivity contribution in [3.63, 3.8) is 0 Å². The second-order valence-electron chi connectivity index (χ2n) is 4.99. The van der Waals surface area contributed by atoms with Gasteiger partial charge in [-0.2, -0.15) is 0 Å². The Morgan fingerprint density at radius 3 is 1.19 bits per heavy atom. The van der Waals surface area contributed by atoms with E-state index in [9.17, 15) is 13.0 Å². The van der Waals surface area contributed by atoms with E-state index in [4.69, 9.17) is 10.2 Å². The molecule has 0 saturated carbocycles. The van der Waals surface area contributed by atoms with Gasteiger partial charge in [0.25, 0.3) is 0 Å². The highest BCUT2D eigenvalue weighted by molar-refractivity contribution is 7.80. The molecule has 0 amide bonds. The molecule has 9 nitrogen and oxygen atoms in total. The standard InChI is InChI=1S/C12H26O4S.2C2H5O.3H3N/c1-2-3-4-5-6-7-8-9-10-11-12-16-17(13,14)15;2*1-2-3;;;/h2-12H2,1H3,(H,13,14,15);2*2H2,1H3;3*1H3/q;2*-1;;;/p+2. The van der Waals surface area contributed by atoms with Crippen LogP contribution in [0.3, 0.4) is 0 Å². The maximum Gasteiger partial charge on any atom is 0.217 e. The second kappa shape index (κ2) is 35.7. The van der Waals surface area contributed by atoms with Crippen LogP contribution in [0.5, 0.6) is 0 Å². The summed E-state index contributed by atoms with van der Waals surface area (Å²) in [6.07, 6.45) is 11.7. The van der Waals surface area contributed by atoms with Crippen molar-refractivity contribution in [2.24, 2.45) is 0 Å². The summed E-state index contributed by atoms with van der Waals surface area (Å²) in [4.78, 5) is 0. The maximum atomic E-state index is 10.1. The normalized spacial score (nSPS) is 9.15. The average molecular weight is 410 g/mol. The summed E-state index contributed by atoms with van der Waals surface area (Å²) < 4.78 is 34.5. The minimum atomic E-state index is -4.48. The van der Waals surface area contributed by atoms with Crippen molar-refractivity contribution < 1.29 is 27.4 Å². The highest BCUT2D eigenvalue weighted by Crippen LogP contribution is 2.10. The van der Waals surface area contributed by atoms with Gasteiger partial charge in [0.2, 0.25) is 10.4 Å². The Morgan fingerprint density at radius 2 is 0.923 bits per heavy atom. The van der Waals surface area contributed by atoms with Crippen molar-refractivity contribution in [2.45, 2.75) is 85.0 Å². The molecule has 0 fully saturated rings. The molecular formula is C16H47N3O6S. The molecule has 0 aliphatic rings. The van der Waals surface area contributed by atoms with Gasteiger partial charge in [-0.1, -0.05) is 78.6 Å². The minimum Gasteiger partial charge on any atom is -0.855 e. The third kappa shape index (κ3) is 65.1. The van der Waals surface area contributed by atoms with Crippen LogP contribution in [0.25, 0.3) is 0 Å². The smallest absolute Gasteiger partial charge is 0.217 e. The lowest BCUT2D eigenvalue weighted by molar-refractivity contribution is -0.362. The summed E-state index contributed by atoms with van der Waals surface area (Å²) in [5, 5.41) is 17.9. The van der Waals surface area contributed by atoms with Crippen LogP contribution in [0.2, 0.25) is 0 Å². The van der Waals surface area contributed by atoms with Gasteiger partial charge in [-0.25, -0.2) is 8.42 Å². The van der Waals surface area contributed by atoms with Gasteiger partial charge in [-0.3, -0.25) is 4.18 Å². The lowest BCUT2D eigenvalue weighted by atomic mass is 10.1. The minimum absolute atomic E-state index is 0. The van der Waals surface area contributed by atoms with Crippen molar-refractivity contribution in [2.75, 3.05) is 19.8 Å². The van der Waals surface area contributed by atoms with Gasteiger partial charge in [0.15, 0.2) is 0 Å². The van der Waals surface area contributed by atoms with Gasteiger partial charge >= 0.3 is 0 Å². The van der Waals surface area contributed by atoms with Crippen molar-refractivity contribution in [3.8, 4) is 0 Å². The third-order valence-corrected chi connectivity index (χ3v) is 3.18. The quantitative estimate of drug-likeness (QED) is 0.249. The van der Waals surface area contributed by atoms with Crippen LogP contribution < -0.4 is 28.7 Å². The number of rotatable bonds is 12. The highest BCUT2D eigenvalue weighted by atomic mass is 32.3. The maximum absolute atomic E-state index is 10.1. The van der Waals surface area contributed by atoms with E-state index in [2.05, 4.69) is 11.1 Å². The predicted octanol–water partition coefficient (Wildman–Crippen LogP) is 3.25. The monoisotopic (exact) mass is 409 g/mol. The first-order valence-electron chi connectivity index (χ1n) is 8.65. The Labute approximate surface area is 161 Å². The van der Waals surface area contributed by atoms with E-state index in [1.54, 1.807) is 13.8 Å². The fraction of sp³-hybridized carbons (Fsp3) is 1.00. The molecule has 0 rings (SSSR count). The largest absolute Gasteiger partial charge is 0.855 e. The Morgan fingerprint density at radius 1 is 0.654 bits per heavy atom. The lowest BCUT2D eigenvalue weighted by Gasteiger charge is -2.06. The molecule has 12 N–H and O–H groups in total. The summed E-state index contributed by atoms with van der Waals surface area (Å²) in [5.74, 6) is 0. The molecule has 0 spiro atoms. The Bertz CT molecular complexity index is 292. The molecule has 26 heavy (non-hydrogen) atoms. The zero-order valence-electron chi connectivity index (χ0n) is 18.1. The van der Waals surface area contributed by atoms with E-state index in [1.165, 1.54) is 44.9 Å². The van der Waals surface area contributed by atoms with Gasteiger partial charge in [0.1, 0.15) is 0 Å². The third-order valence-electron chi connectivity index (χ3n) is 2.73. The predicted molar refractivity (Wildman–Crippen MR) is 107 cm³/mol. The Hall–Kier alpha value is -0.330. The molecule has 0 unspecified atom stereocenters. The average Bonchev–Trinajstić information content (AvgIpc) is 2.45. The highest BCUT2D eigenvalue weighted by Gasteiger charge is 1.95. The van der Waals surface area contributed by atoms with E-state index in [0.717, 1.165) is 12.8 Å². The van der Waals surface area contributed by atoms with Crippen LogP contribution in [0.1, 0.15) is 85.0 Å². The fourth-order valence-corrected chi connectivity index (χ4v) is 2.07. The van der Waals surface area contributed by atoms with Crippen LogP contribution in [0.4, 0.5) is 0 Å². The zero-order valence-corrected chi connectivity index (χ0v) is 18.9. The topological polar surface area (TPSA) is 222 Å². The van der Waals surface area contributed by atoms with Gasteiger partial charge in [0, 0.05) is 0 Å². The lowest BCUT2D eigenvalue weighted by Crippen LogP contribution is -2.05. The van der Waals surface area contributed by atoms with Gasteiger partial charge in [-0.05, 0) is 6.42 Å². The Kier molecular flexibility index (Phi) is 55.5. The molecule has 0 aliphatic heterocycles. The first kappa shape index (κ1) is 40.4. The van der Waals surface area contributed by atoms with Crippen molar-refractivity contribution in [1.82, 2.24) is 18.5 Å². The van der Waals surface area contributed by atoms with Gasteiger partial charge < -0.3 is 33.2 Å². The van der Waals surface area contributed by atoms with E-state index < -0.39 is 10.4 Å². The zero-order chi connectivity index (χ0) is 18.4. The summed E-state index contributed by atoms with van der Waals surface area (Å²) in [5.41, 5.74) is 0. The van der Waals surface area contributed by atoms with Crippen LogP contribution in [-0.2, 0) is 14.6 Å². The van der Waals surface area contributed by atoms with E-state index in [1.807, 2.05) is 0 Å². The number of unbranched alkanes of at least 4 members (excludes halogenated alkanes) is 9. The van der Waals surface area contributed by atoms with Gasteiger partial charge in [-0.15, -0.1) is 13.2 Å². The molecule has 0 atom stereocenters. The molecule has 0 radical (unpaired) electrons. The summed E-state index contributed by atoms with van der Waals surface area (Å²) >= 11 is 0. The fourth-order valence-electron chi connectivity index (χ4n) is 1.75. The summed E-state index contributed by atoms with van der Waals surface area (Å²) in [7, 11) is -4.48. The number of hydrogen-bond acceptors (Lipinski definition) is 6. The summed E-state index contributed by atoms with van der Waals surface area (Å²) in [6.45, 7) is 5.38. The van der Waals surface area contributed by atoms with Crippen molar-refractivity contribution >= 4 is 10.4 Å². The van der Waals surface area contributed by atoms with E-state index >= 15 is 0 Å². The number of quaternary nitrogens is 3.